The predicted molar refractivity (Wildman–Crippen MR) is 63.3 cm³/mol. The molecule has 0 unspecified atom stereocenters. The van der Waals surface area contributed by atoms with Crippen LogP contribution in [-0.2, 0) is 4.74 Å². The minimum Gasteiger partial charge on any atom is -0.465 e. The summed E-state index contributed by atoms with van der Waals surface area (Å²) >= 11 is 1.57. The van der Waals surface area contributed by atoms with E-state index in [1.807, 2.05) is 17.5 Å². The van der Waals surface area contributed by atoms with Gasteiger partial charge in [-0.1, -0.05) is 6.07 Å². The summed E-state index contributed by atoms with van der Waals surface area (Å²) in [7, 11) is 1.31. The molecule has 16 heavy (non-hydrogen) atoms. The fraction of sp³-hybridized carbons (Fsp3) is 0.0909. The third-order valence-electron chi connectivity index (χ3n) is 2.10. The van der Waals surface area contributed by atoms with Crippen molar-refractivity contribution in [2.45, 2.75) is 0 Å². The van der Waals surface area contributed by atoms with Crippen molar-refractivity contribution in [1.82, 2.24) is 4.98 Å². The van der Waals surface area contributed by atoms with Gasteiger partial charge < -0.3 is 10.5 Å². The minimum absolute atomic E-state index is 0.192. The van der Waals surface area contributed by atoms with Gasteiger partial charge in [-0.05, 0) is 23.6 Å². The van der Waals surface area contributed by atoms with Crippen LogP contribution >= 0.6 is 11.3 Å². The molecule has 0 fully saturated rings. The Balaban J connectivity index is 2.41. The monoisotopic (exact) mass is 234 g/mol. The van der Waals surface area contributed by atoms with E-state index in [9.17, 15) is 4.79 Å². The third kappa shape index (κ3) is 1.90. The highest BCUT2D eigenvalue weighted by molar-refractivity contribution is 7.13. The highest BCUT2D eigenvalue weighted by Gasteiger charge is 2.12. The van der Waals surface area contributed by atoms with Crippen LogP contribution in [0.25, 0.3) is 10.6 Å². The van der Waals surface area contributed by atoms with E-state index in [1.54, 1.807) is 23.5 Å². The smallest absolute Gasteiger partial charge is 0.341 e. The predicted octanol–water partition coefficient (Wildman–Crippen LogP) is 2.18. The zero-order valence-corrected chi connectivity index (χ0v) is 9.45. The minimum atomic E-state index is -0.470. The molecule has 0 saturated carbocycles. The maximum absolute atomic E-state index is 11.3. The Bertz CT molecular complexity index is 509. The number of hydrogen-bond donors (Lipinski definition) is 1. The highest BCUT2D eigenvalue weighted by Crippen LogP contribution is 2.24. The van der Waals surface area contributed by atoms with Gasteiger partial charge in [0.15, 0.2) is 0 Å². The first-order valence-electron chi connectivity index (χ1n) is 4.61. The van der Waals surface area contributed by atoms with Crippen molar-refractivity contribution in [2.75, 3.05) is 12.8 Å². The SMILES string of the molecule is COC(=O)c1ccc(-c2cccs2)nc1N. The number of nitrogens with two attached hydrogens (primary N) is 1. The molecule has 2 aromatic rings. The molecule has 0 amide bonds. The van der Waals surface area contributed by atoms with E-state index in [0.29, 0.717) is 5.56 Å². The molecule has 0 radical (unpaired) electrons. The summed E-state index contributed by atoms with van der Waals surface area (Å²) in [4.78, 5) is 16.5. The molecule has 0 aliphatic rings. The van der Waals surface area contributed by atoms with Crippen LogP contribution in [0, 0.1) is 0 Å². The number of ether oxygens (including phenoxy) is 1. The molecule has 0 aliphatic heterocycles. The molecule has 82 valence electrons. The molecule has 2 heterocycles. The second-order valence-corrected chi connectivity index (χ2v) is 4.05. The Morgan fingerprint density at radius 2 is 2.25 bits per heavy atom. The fourth-order valence-corrected chi connectivity index (χ4v) is 2.01. The molecular formula is C11H10N2O2S. The van der Waals surface area contributed by atoms with Crippen molar-refractivity contribution in [2.24, 2.45) is 0 Å². The Morgan fingerprint density at radius 3 is 2.81 bits per heavy atom. The lowest BCUT2D eigenvalue weighted by Crippen LogP contribution is -2.07. The number of carbonyl (C=O) groups is 1. The number of esters is 1. The molecule has 2 aromatic heterocycles. The Labute approximate surface area is 96.7 Å². The summed E-state index contributed by atoms with van der Waals surface area (Å²) in [6.07, 6.45) is 0. The van der Waals surface area contributed by atoms with Gasteiger partial charge in [-0.15, -0.1) is 11.3 Å². The van der Waals surface area contributed by atoms with E-state index >= 15 is 0 Å². The quantitative estimate of drug-likeness (QED) is 0.809. The normalized spacial score (nSPS) is 10.1. The van der Waals surface area contributed by atoms with Crippen LogP contribution < -0.4 is 5.73 Å². The Hall–Kier alpha value is -1.88. The average Bonchev–Trinajstić information content (AvgIpc) is 2.81. The summed E-state index contributed by atoms with van der Waals surface area (Å²) < 4.78 is 4.59. The van der Waals surface area contributed by atoms with Crippen molar-refractivity contribution in [3.63, 3.8) is 0 Å². The van der Waals surface area contributed by atoms with E-state index in [1.165, 1.54) is 7.11 Å². The number of nitrogens with zero attached hydrogens (tertiary/aromatic N) is 1. The van der Waals surface area contributed by atoms with Crippen molar-refractivity contribution < 1.29 is 9.53 Å². The molecule has 0 atom stereocenters. The van der Waals surface area contributed by atoms with Gasteiger partial charge >= 0.3 is 5.97 Å². The summed E-state index contributed by atoms with van der Waals surface area (Å²) in [5.41, 5.74) is 6.75. The van der Waals surface area contributed by atoms with E-state index in [4.69, 9.17) is 5.73 Å². The molecule has 0 spiro atoms. The van der Waals surface area contributed by atoms with Gasteiger partial charge in [0.05, 0.1) is 17.7 Å². The van der Waals surface area contributed by atoms with Crippen molar-refractivity contribution in [3.05, 3.63) is 35.2 Å². The number of pyridine rings is 1. The maximum Gasteiger partial charge on any atom is 0.341 e. The lowest BCUT2D eigenvalue weighted by Gasteiger charge is -2.04. The van der Waals surface area contributed by atoms with E-state index in [2.05, 4.69) is 9.72 Å². The van der Waals surface area contributed by atoms with Crippen LogP contribution in [0.4, 0.5) is 5.82 Å². The van der Waals surface area contributed by atoms with Gasteiger partial charge in [-0.2, -0.15) is 0 Å². The fourth-order valence-electron chi connectivity index (χ4n) is 1.32. The van der Waals surface area contributed by atoms with Crippen LogP contribution in [0.3, 0.4) is 0 Å². The number of methoxy groups -OCH3 is 1. The van der Waals surface area contributed by atoms with Crippen molar-refractivity contribution in [3.8, 4) is 10.6 Å². The van der Waals surface area contributed by atoms with Gasteiger partial charge in [-0.3, -0.25) is 0 Å². The topological polar surface area (TPSA) is 65.2 Å². The summed E-state index contributed by atoms with van der Waals surface area (Å²) in [5, 5.41) is 1.96. The lowest BCUT2D eigenvalue weighted by molar-refractivity contribution is 0.0601. The van der Waals surface area contributed by atoms with Gasteiger partial charge in [0.2, 0.25) is 0 Å². The van der Waals surface area contributed by atoms with Gasteiger partial charge in [-0.25, -0.2) is 9.78 Å². The molecule has 0 aromatic carbocycles. The van der Waals surface area contributed by atoms with E-state index in [0.717, 1.165) is 10.6 Å². The van der Waals surface area contributed by atoms with Crippen molar-refractivity contribution in [1.29, 1.82) is 0 Å². The second-order valence-electron chi connectivity index (χ2n) is 3.10. The first kappa shape index (κ1) is 10.6. The van der Waals surface area contributed by atoms with Crippen molar-refractivity contribution >= 4 is 23.1 Å². The molecule has 0 saturated heterocycles. The molecule has 0 bridgehead atoms. The maximum atomic E-state index is 11.3. The van der Waals surface area contributed by atoms with Crippen LogP contribution in [-0.4, -0.2) is 18.1 Å². The molecule has 2 N–H and O–H groups in total. The highest BCUT2D eigenvalue weighted by atomic mass is 32.1. The third-order valence-corrected chi connectivity index (χ3v) is 3.00. The number of anilines is 1. The molecular weight excluding hydrogens is 224 g/mol. The lowest BCUT2D eigenvalue weighted by atomic mass is 10.2. The van der Waals surface area contributed by atoms with Gasteiger partial charge in [0.1, 0.15) is 11.4 Å². The van der Waals surface area contributed by atoms with Crippen LogP contribution in [0.15, 0.2) is 29.6 Å². The summed E-state index contributed by atoms with van der Waals surface area (Å²) in [6, 6.07) is 7.27. The molecule has 2 rings (SSSR count). The number of nitrogen functional groups attached to an aromatic ring is 1. The number of aromatic nitrogens is 1. The zero-order chi connectivity index (χ0) is 11.5. The Morgan fingerprint density at radius 1 is 1.44 bits per heavy atom. The van der Waals surface area contributed by atoms with E-state index < -0.39 is 5.97 Å². The summed E-state index contributed by atoms with van der Waals surface area (Å²) in [6.45, 7) is 0. The molecule has 0 aliphatic carbocycles. The number of rotatable bonds is 2. The molecule has 5 heteroatoms. The van der Waals surface area contributed by atoms with Crippen LogP contribution in [0.1, 0.15) is 10.4 Å². The first-order valence-corrected chi connectivity index (χ1v) is 5.49. The number of thiophene rings is 1. The molecule has 4 nitrogen and oxygen atoms in total. The van der Waals surface area contributed by atoms with E-state index in [-0.39, 0.29) is 5.82 Å². The average molecular weight is 234 g/mol. The number of carbonyl (C=O) groups excluding carboxylic acids is 1. The van der Waals surface area contributed by atoms with Gasteiger partial charge in [0.25, 0.3) is 0 Å². The first-order chi connectivity index (χ1) is 7.72. The zero-order valence-electron chi connectivity index (χ0n) is 8.64. The van der Waals surface area contributed by atoms with Gasteiger partial charge in [0, 0.05) is 0 Å². The number of hydrogen-bond acceptors (Lipinski definition) is 5. The van der Waals surface area contributed by atoms with Crippen LogP contribution in [0.2, 0.25) is 0 Å². The summed E-state index contributed by atoms with van der Waals surface area (Å²) in [5.74, 6) is -0.277. The standard InChI is InChI=1S/C11H10N2O2S/c1-15-11(14)7-4-5-8(13-10(7)12)9-3-2-6-16-9/h2-6H,1H3,(H2,12,13). The largest absolute Gasteiger partial charge is 0.465 e. The second kappa shape index (κ2) is 4.32. The van der Waals surface area contributed by atoms with Crippen LogP contribution in [0.5, 0.6) is 0 Å². The Kier molecular flexibility index (Phi) is 2.87.